The van der Waals surface area contributed by atoms with Gasteiger partial charge >= 0.3 is 0 Å². The highest BCUT2D eigenvalue weighted by atomic mass is 16.5. The lowest BCUT2D eigenvalue weighted by Crippen LogP contribution is -2.35. The van der Waals surface area contributed by atoms with Crippen LogP contribution in [0.25, 0.3) is 10.9 Å². The molecular weight excluding hydrogens is 274 g/mol. The van der Waals surface area contributed by atoms with Crippen LogP contribution in [0.2, 0.25) is 0 Å². The van der Waals surface area contributed by atoms with Gasteiger partial charge in [-0.3, -0.25) is 0 Å². The number of nitrogens with one attached hydrogen (secondary N) is 2. The normalized spacial score (nSPS) is 19.0. The standard InChI is InChI=1S/C18H27N3O/c1-21(2)13-16-17(7-6-14-8-11-20-18(14)16)22-12-9-15-5-3-4-10-19-15/h6-8,11,15,19-20H,3-5,9-10,12-13H2,1-2H3. The summed E-state index contributed by atoms with van der Waals surface area (Å²) in [6.07, 6.45) is 7.03. The highest BCUT2D eigenvalue weighted by Crippen LogP contribution is 2.28. The van der Waals surface area contributed by atoms with Crippen molar-refractivity contribution in [2.75, 3.05) is 27.2 Å². The van der Waals surface area contributed by atoms with E-state index >= 15 is 0 Å². The number of H-pyrrole nitrogens is 1. The molecule has 1 aromatic heterocycles. The van der Waals surface area contributed by atoms with E-state index in [1.165, 1.54) is 35.7 Å². The van der Waals surface area contributed by atoms with E-state index in [4.69, 9.17) is 4.74 Å². The molecule has 2 aromatic rings. The van der Waals surface area contributed by atoms with Crippen LogP contribution in [0, 0.1) is 0 Å². The summed E-state index contributed by atoms with van der Waals surface area (Å²) in [5.41, 5.74) is 2.45. The van der Waals surface area contributed by atoms with Gasteiger partial charge in [-0.15, -0.1) is 0 Å². The fourth-order valence-electron chi connectivity index (χ4n) is 3.26. The molecule has 1 saturated heterocycles. The molecule has 1 aromatic carbocycles. The number of aromatic amines is 1. The van der Waals surface area contributed by atoms with E-state index in [1.807, 2.05) is 6.20 Å². The first-order valence-corrected chi connectivity index (χ1v) is 8.34. The van der Waals surface area contributed by atoms with Crippen molar-refractivity contribution in [2.45, 2.75) is 38.3 Å². The van der Waals surface area contributed by atoms with Gasteiger partial charge in [0.1, 0.15) is 5.75 Å². The van der Waals surface area contributed by atoms with Crippen molar-refractivity contribution in [3.8, 4) is 5.75 Å². The fourth-order valence-corrected chi connectivity index (χ4v) is 3.26. The van der Waals surface area contributed by atoms with Crippen LogP contribution in [0.3, 0.4) is 0 Å². The average molecular weight is 301 g/mol. The lowest BCUT2D eigenvalue weighted by Gasteiger charge is -2.23. The lowest BCUT2D eigenvalue weighted by atomic mass is 10.0. The first-order chi connectivity index (χ1) is 10.7. The first kappa shape index (κ1) is 15.4. The molecule has 22 heavy (non-hydrogen) atoms. The Labute approximate surface area is 132 Å². The van der Waals surface area contributed by atoms with E-state index in [-0.39, 0.29) is 0 Å². The molecule has 0 radical (unpaired) electrons. The number of hydrogen-bond donors (Lipinski definition) is 2. The Morgan fingerprint density at radius 1 is 1.23 bits per heavy atom. The van der Waals surface area contributed by atoms with Gasteiger partial charge in [0, 0.05) is 24.3 Å². The molecule has 1 fully saturated rings. The smallest absolute Gasteiger partial charge is 0.125 e. The average Bonchev–Trinajstić information content (AvgIpc) is 2.99. The summed E-state index contributed by atoms with van der Waals surface area (Å²) in [4.78, 5) is 5.54. The van der Waals surface area contributed by atoms with E-state index in [0.29, 0.717) is 6.04 Å². The van der Waals surface area contributed by atoms with E-state index in [2.05, 4.69) is 47.5 Å². The molecule has 2 heterocycles. The van der Waals surface area contributed by atoms with E-state index in [0.717, 1.165) is 31.9 Å². The fraction of sp³-hybridized carbons (Fsp3) is 0.556. The second kappa shape index (κ2) is 7.16. The molecule has 4 nitrogen and oxygen atoms in total. The zero-order valence-corrected chi connectivity index (χ0v) is 13.7. The molecule has 4 heteroatoms. The molecule has 120 valence electrons. The van der Waals surface area contributed by atoms with E-state index < -0.39 is 0 Å². The van der Waals surface area contributed by atoms with Gasteiger partial charge in [-0.2, -0.15) is 0 Å². The molecule has 0 saturated carbocycles. The Balaban J connectivity index is 1.68. The van der Waals surface area contributed by atoms with Gasteiger partial charge < -0.3 is 19.9 Å². The largest absolute Gasteiger partial charge is 0.493 e. The Morgan fingerprint density at radius 3 is 2.91 bits per heavy atom. The predicted molar refractivity (Wildman–Crippen MR) is 91.4 cm³/mol. The maximum absolute atomic E-state index is 6.13. The van der Waals surface area contributed by atoms with Gasteiger partial charge in [-0.05, 0) is 63.5 Å². The number of piperidine rings is 1. The summed E-state index contributed by atoms with van der Waals surface area (Å²) in [5, 5.41) is 4.83. The van der Waals surface area contributed by atoms with Crippen LogP contribution in [0.5, 0.6) is 5.75 Å². The van der Waals surface area contributed by atoms with Crippen molar-refractivity contribution >= 4 is 10.9 Å². The zero-order valence-electron chi connectivity index (χ0n) is 13.7. The lowest BCUT2D eigenvalue weighted by molar-refractivity contribution is 0.263. The monoisotopic (exact) mass is 301 g/mol. The van der Waals surface area contributed by atoms with Gasteiger partial charge in [0.2, 0.25) is 0 Å². The van der Waals surface area contributed by atoms with Crippen LogP contribution < -0.4 is 10.1 Å². The highest BCUT2D eigenvalue weighted by Gasteiger charge is 2.14. The minimum Gasteiger partial charge on any atom is -0.493 e. The van der Waals surface area contributed by atoms with Gasteiger partial charge in [0.15, 0.2) is 0 Å². The highest BCUT2D eigenvalue weighted by molar-refractivity contribution is 5.84. The summed E-state index contributed by atoms with van der Waals surface area (Å²) < 4.78 is 6.13. The molecule has 0 spiro atoms. The SMILES string of the molecule is CN(C)Cc1c(OCCC2CCCCN2)ccc2cc[nH]c12. The summed E-state index contributed by atoms with van der Waals surface area (Å²) >= 11 is 0. The third kappa shape index (κ3) is 3.62. The maximum atomic E-state index is 6.13. The molecule has 1 aliphatic heterocycles. The van der Waals surface area contributed by atoms with Crippen LogP contribution in [0.4, 0.5) is 0 Å². The summed E-state index contributed by atoms with van der Waals surface area (Å²) in [5.74, 6) is 1.01. The van der Waals surface area contributed by atoms with Crippen molar-refractivity contribution < 1.29 is 4.74 Å². The Morgan fingerprint density at radius 2 is 2.14 bits per heavy atom. The van der Waals surface area contributed by atoms with E-state index in [1.54, 1.807) is 0 Å². The minimum atomic E-state index is 0.625. The van der Waals surface area contributed by atoms with Crippen molar-refractivity contribution in [2.24, 2.45) is 0 Å². The van der Waals surface area contributed by atoms with Crippen molar-refractivity contribution in [3.05, 3.63) is 30.0 Å². The summed E-state index contributed by atoms with van der Waals surface area (Å²) in [7, 11) is 4.19. The number of fused-ring (bicyclic) bond motifs is 1. The zero-order chi connectivity index (χ0) is 15.4. The van der Waals surface area contributed by atoms with Crippen LogP contribution >= 0.6 is 0 Å². The first-order valence-electron chi connectivity index (χ1n) is 8.34. The molecule has 0 bridgehead atoms. The number of hydrogen-bond acceptors (Lipinski definition) is 3. The molecule has 2 N–H and O–H groups in total. The molecule has 1 atom stereocenters. The van der Waals surface area contributed by atoms with Gasteiger partial charge in [-0.25, -0.2) is 0 Å². The van der Waals surface area contributed by atoms with Crippen molar-refractivity contribution in [1.82, 2.24) is 15.2 Å². The molecular formula is C18H27N3O. The van der Waals surface area contributed by atoms with Crippen LogP contribution in [0.1, 0.15) is 31.2 Å². The van der Waals surface area contributed by atoms with Gasteiger partial charge in [0.05, 0.1) is 12.1 Å². The molecule has 0 aliphatic carbocycles. The number of benzene rings is 1. The molecule has 1 aliphatic rings. The van der Waals surface area contributed by atoms with Gasteiger partial charge in [0.25, 0.3) is 0 Å². The van der Waals surface area contributed by atoms with Crippen molar-refractivity contribution in [1.29, 1.82) is 0 Å². The molecule has 1 unspecified atom stereocenters. The topological polar surface area (TPSA) is 40.3 Å². The van der Waals surface area contributed by atoms with Crippen LogP contribution in [-0.4, -0.2) is 43.2 Å². The van der Waals surface area contributed by atoms with Crippen LogP contribution in [0.15, 0.2) is 24.4 Å². The number of nitrogens with zero attached hydrogens (tertiary/aromatic N) is 1. The molecule has 3 rings (SSSR count). The third-order valence-corrected chi connectivity index (χ3v) is 4.40. The maximum Gasteiger partial charge on any atom is 0.125 e. The number of rotatable bonds is 6. The van der Waals surface area contributed by atoms with Crippen molar-refractivity contribution in [3.63, 3.8) is 0 Å². The second-order valence-electron chi connectivity index (χ2n) is 6.51. The Bertz CT molecular complexity index is 599. The number of aromatic nitrogens is 1. The Kier molecular flexibility index (Phi) is 5.01. The predicted octanol–water partition coefficient (Wildman–Crippen LogP) is 3.14. The van der Waals surface area contributed by atoms with E-state index in [9.17, 15) is 0 Å². The molecule has 0 amide bonds. The quantitative estimate of drug-likeness (QED) is 0.861. The summed E-state index contributed by atoms with van der Waals surface area (Å²) in [6, 6.07) is 6.99. The number of ether oxygens (including phenoxy) is 1. The second-order valence-corrected chi connectivity index (χ2v) is 6.51. The third-order valence-electron chi connectivity index (χ3n) is 4.40. The van der Waals surface area contributed by atoms with Gasteiger partial charge in [-0.1, -0.05) is 6.42 Å². The van der Waals surface area contributed by atoms with Crippen LogP contribution in [-0.2, 0) is 6.54 Å². The minimum absolute atomic E-state index is 0.625. The Hall–Kier alpha value is -1.52. The summed E-state index contributed by atoms with van der Waals surface area (Å²) in [6.45, 7) is 2.82.